The summed E-state index contributed by atoms with van der Waals surface area (Å²) in [7, 11) is 0. The smallest absolute Gasteiger partial charge is 0.148 e. The van der Waals surface area contributed by atoms with Gasteiger partial charge in [-0.1, -0.05) is 11.3 Å². The topological polar surface area (TPSA) is 37.8 Å². The summed E-state index contributed by atoms with van der Waals surface area (Å²) < 4.78 is 13.7. The van der Waals surface area contributed by atoms with E-state index in [9.17, 15) is 4.39 Å². The molecule has 0 aliphatic heterocycles. The fourth-order valence-electron chi connectivity index (χ4n) is 1.62. The molecule has 0 atom stereocenters. The average Bonchev–Trinajstić information content (AvgIpc) is 3.05. The zero-order chi connectivity index (χ0) is 12.5. The minimum absolute atomic E-state index is 0.259. The van der Waals surface area contributed by atoms with Crippen molar-refractivity contribution in [3.8, 4) is 10.6 Å². The lowest BCUT2D eigenvalue weighted by molar-refractivity contribution is 0.627. The lowest BCUT2D eigenvalue weighted by Crippen LogP contribution is -2.14. The summed E-state index contributed by atoms with van der Waals surface area (Å²) >= 11 is 4.89. The third-order valence-electron chi connectivity index (χ3n) is 2.75. The van der Waals surface area contributed by atoms with Crippen LogP contribution in [0.5, 0.6) is 0 Å². The van der Waals surface area contributed by atoms with Gasteiger partial charge in [0.2, 0.25) is 0 Å². The lowest BCUT2D eigenvalue weighted by Gasteiger charge is -1.99. The molecule has 1 aromatic heterocycles. The highest BCUT2D eigenvalue weighted by Gasteiger charge is 2.21. The molecule has 1 heterocycles. The number of halogens is 2. The highest BCUT2D eigenvalue weighted by molar-refractivity contribution is 9.10. The Morgan fingerprint density at radius 3 is 2.94 bits per heavy atom. The summed E-state index contributed by atoms with van der Waals surface area (Å²) in [5, 5.41) is 13.5. The van der Waals surface area contributed by atoms with Crippen LogP contribution in [0.15, 0.2) is 22.7 Å². The van der Waals surface area contributed by atoms with Gasteiger partial charge in [-0.25, -0.2) is 4.39 Å². The Hall–Kier alpha value is -0.850. The van der Waals surface area contributed by atoms with Gasteiger partial charge in [-0.15, -0.1) is 10.2 Å². The third kappa shape index (κ3) is 2.76. The van der Waals surface area contributed by atoms with Gasteiger partial charge in [0.1, 0.15) is 15.8 Å². The van der Waals surface area contributed by atoms with Crippen molar-refractivity contribution in [2.24, 2.45) is 0 Å². The van der Waals surface area contributed by atoms with E-state index in [1.807, 2.05) is 0 Å². The highest BCUT2D eigenvalue weighted by Crippen LogP contribution is 2.31. The number of hydrogen-bond acceptors (Lipinski definition) is 4. The molecular weight excluding hydrogens is 317 g/mol. The van der Waals surface area contributed by atoms with Crippen molar-refractivity contribution in [1.29, 1.82) is 0 Å². The summed E-state index contributed by atoms with van der Waals surface area (Å²) in [6.45, 7) is 0.765. The normalized spacial score (nSPS) is 15.0. The van der Waals surface area contributed by atoms with Crippen LogP contribution in [0.25, 0.3) is 10.6 Å². The van der Waals surface area contributed by atoms with E-state index in [0.29, 0.717) is 10.5 Å². The van der Waals surface area contributed by atoms with Crippen LogP contribution in [0.2, 0.25) is 0 Å². The van der Waals surface area contributed by atoms with Crippen molar-refractivity contribution >= 4 is 27.3 Å². The first kappa shape index (κ1) is 12.2. The predicted octanol–water partition coefficient (Wildman–Crippen LogP) is 3.36. The highest BCUT2D eigenvalue weighted by atomic mass is 79.9. The maximum Gasteiger partial charge on any atom is 0.148 e. The molecule has 1 aliphatic carbocycles. The molecule has 3 rings (SSSR count). The Balaban J connectivity index is 1.78. The standard InChI is InChI=1S/C12H11BrFN3S/c13-10-5-7(14)1-4-9(10)12-17-16-11(18-12)6-15-8-2-3-8/h1,4-5,8,15H,2-3,6H2. The Morgan fingerprint density at radius 1 is 1.39 bits per heavy atom. The minimum atomic E-state index is -0.259. The van der Waals surface area contributed by atoms with Crippen LogP contribution in [0.3, 0.4) is 0 Å². The second-order valence-electron chi connectivity index (χ2n) is 4.28. The number of hydrogen-bond donors (Lipinski definition) is 1. The van der Waals surface area contributed by atoms with E-state index >= 15 is 0 Å². The van der Waals surface area contributed by atoms with E-state index in [4.69, 9.17) is 0 Å². The molecule has 0 saturated heterocycles. The Kier molecular flexibility index (Phi) is 3.41. The molecular formula is C12H11BrFN3S. The van der Waals surface area contributed by atoms with Gasteiger partial charge in [0.15, 0.2) is 0 Å². The molecule has 1 fully saturated rings. The van der Waals surface area contributed by atoms with E-state index in [-0.39, 0.29) is 5.82 Å². The molecule has 2 aromatic rings. The fraction of sp³-hybridized carbons (Fsp3) is 0.333. The second kappa shape index (κ2) is 5.03. The fourth-order valence-corrected chi connectivity index (χ4v) is 3.12. The summed E-state index contributed by atoms with van der Waals surface area (Å²) in [5.41, 5.74) is 0.881. The molecule has 0 amide bonds. The van der Waals surface area contributed by atoms with Gasteiger partial charge in [0.05, 0.1) is 0 Å². The van der Waals surface area contributed by atoms with Gasteiger partial charge < -0.3 is 5.32 Å². The maximum atomic E-state index is 13.0. The molecule has 1 saturated carbocycles. The van der Waals surface area contributed by atoms with Crippen LogP contribution < -0.4 is 5.32 Å². The molecule has 1 aliphatic rings. The second-order valence-corrected chi connectivity index (χ2v) is 6.20. The van der Waals surface area contributed by atoms with Gasteiger partial charge in [-0.3, -0.25) is 0 Å². The molecule has 0 spiro atoms. The zero-order valence-electron chi connectivity index (χ0n) is 9.49. The molecule has 0 unspecified atom stereocenters. The maximum absolute atomic E-state index is 13.0. The van der Waals surface area contributed by atoms with Crippen LogP contribution >= 0.6 is 27.3 Å². The van der Waals surface area contributed by atoms with Crippen molar-refractivity contribution in [3.63, 3.8) is 0 Å². The van der Waals surface area contributed by atoms with Gasteiger partial charge in [-0.05, 0) is 47.0 Å². The lowest BCUT2D eigenvalue weighted by atomic mass is 10.2. The van der Waals surface area contributed by atoms with E-state index < -0.39 is 0 Å². The van der Waals surface area contributed by atoms with Crippen LogP contribution in [0, 0.1) is 5.82 Å². The van der Waals surface area contributed by atoms with E-state index in [1.165, 1.54) is 36.3 Å². The number of aromatic nitrogens is 2. The van der Waals surface area contributed by atoms with Crippen LogP contribution in [0.1, 0.15) is 17.8 Å². The molecule has 0 bridgehead atoms. The average molecular weight is 328 g/mol. The van der Waals surface area contributed by atoms with Crippen molar-refractivity contribution in [1.82, 2.24) is 15.5 Å². The van der Waals surface area contributed by atoms with Gasteiger partial charge >= 0.3 is 0 Å². The quantitative estimate of drug-likeness (QED) is 0.935. The van der Waals surface area contributed by atoms with Crippen molar-refractivity contribution in [3.05, 3.63) is 33.5 Å². The molecule has 0 radical (unpaired) electrons. The number of nitrogens with one attached hydrogen (secondary N) is 1. The van der Waals surface area contributed by atoms with Gasteiger partial charge in [0, 0.05) is 22.6 Å². The summed E-state index contributed by atoms with van der Waals surface area (Å²) in [5.74, 6) is -0.259. The first-order valence-corrected chi connectivity index (χ1v) is 7.34. The van der Waals surface area contributed by atoms with Crippen molar-refractivity contribution < 1.29 is 4.39 Å². The van der Waals surface area contributed by atoms with Crippen LogP contribution in [-0.4, -0.2) is 16.2 Å². The third-order valence-corrected chi connectivity index (χ3v) is 4.36. The number of rotatable bonds is 4. The minimum Gasteiger partial charge on any atom is -0.308 e. The predicted molar refractivity (Wildman–Crippen MR) is 72.9 cm³/mol. The van der Waals surface area contributed by atoms with E-state index in [2.05, 4.69) is 31.4 Å². The largest absolute Gasteiger partial charge is 0.308 e. The number of benzene rings is 1. The van der Waals surface area contributed by atoms with Gasteiger partial charge in [-0.2, -0.15) is 0 Å². The first-order valence-electron chi connectivity index (χ1n) is 5.73. The Bertz CT molecular complexity index is 568. The SMILES string of the molecule is Fc1ccc(-c2nnc(CNC3CC3)s2)c(Br)c1. The van der Waals surface area contributed by atoms with Crippen molar-refractivity contribution in [2.45, 2.75) is 25.4 Å². The Labute approximate surface area is 117 Å². The Morgan fingerprint density at radius 2 is 2.22 bits per heavy atom. The van der Waals surface area contributed by atoms with Crippen LogP contribution in [-0.2, 0) is 6.54 Å². The summed E-state index contributed by atoms with van der Waals surface area (Å²) in [6, 6.07) is 5.26. The first-order chi connectivity index (χ1) is 8.72. The summed E-state index contributed by atoms with van der Waals surface area (Å²) in [4.78, 5) is 0. The molecule has 3 nitrogen and oxygen atoms in total. The zero-order valence-corrected chi connectivity index (χ0v) is 11.9. The van der Waals surface area contributed by atoms with E-state index in [1.54, 1.807) is 6.07 Å². The molecule has 94 valence electrons. The number of nitrogens with zero attached hydrogens (tertiary/aromatic N) is 2. The molecule has 1 aromatic carbocycles. The summed E-state index contributed by atoms with van der Waals surface area (Å²) in [6.07, 6.45) is 2.52. The van der Waals surface area contributed by atoms with Crippen LogP contribution in [0.4, 0.5) is 4.39 Å². The van der Waals surface area contributed by atoms with E-state index in [0.717, 1.165) is 22.1 Å². The molecule has 18 heavy (non-hydrogen) atoms. The van der Waals surface area contributed by atoms with Gasteiger partial charge in [0.25, 0.3) is 0 Å². The van der Waals surface area contributed by atoms with Crippen molar-refractivity contribution in [2.75, 3.05) is 0 Å². The molecule has 6 heteroatoms. The molecule has 1 N–H and O–H groups in total. The monoisotopic (exact) mass is 327 g/mol.